The van der Waals surface area contributed by atoms with Crippen LogP contribution in [0.4, 0.5) is 22.7 Å². The highest BCUT2D eigenvalue weighted by molar-refractivity contribution is 5.58. The van der Waals surface area contributed by atoms with Gasteiger partial charge in [-0.3, -0.25) is 0 Å². The Balaban J connectivity index is 2.08. The lowest BCUT2D eigenvalue weighted by Crippen LogP contribution is -2.08. The number of nitrogens with zero attached hydrogens (tertiary/aromatic N) is 3. The van der Waals surface area contributed by atoms with E-state index in [-0.39, 0.29) is 0 Å². The maximum absolute atomic E-state index is 4.60. The van der Waals surface area contributed by atoms with Crippen molar-refractivity contribution in [2.75, 3.05) is 38.0 Å². The molecule has 0 aromatic heterocycles. The summed E-state index contributed by atoms with van der Waals surface area (Å²) in [6.07, 6.45) is 0. The molecule has 0 saturated carbocycles. The van der Waals surface area contributed by atoms with Crippen molar-refractivity contribution in [2.24, 2.45) is 0 Å². The second kappa shape index (κ2) is 5.65. The third-order valence-electron chi connectivity index (χ3n) is 2.99. The number of hydrogen-bond acceptors (Lipinski definition) is 2. The monoisotopic (exact) mass is 254 g/mol. The van der Waals surface area contributed by atoms with E-state index in [1.165, 1.54) is 11.4 Å². The van der Waals surface area contributed by atoms with Gasteiger partial charge in [0.05, 0.1) is 11.4 Å². The summed E-state index contributed by atoms with van der Waals surface area (Å²) < 4.78 is 0. The first-order valence-electron chi connectivity index (χ1n) is 6.33. The zero-order valence-electron chi connectivity index (χ0n) is 12.0. The predicted octanol–water partition coefficient (Wildman–Crippen LogP) is 3.39. The molecule has 0 aliphatic carbocycles. The van der Waals surface area contributed by atoms with Crippen LogP contribution in [0.25, 0.3) is 0 Å². The molecule has 0 aliphatic heterocycles. The number of anilines is 2. The van der Waals surface area contributed by atoms with Crippen LogP contribution in [0.15, 0.2) is 48.5 Å². The minimum absolute atomic E-state index is 0.975. The summed E-state index contributed by atoms with van der Waals surface area (Å²) in [5, 5.41) is 4.60. The van der Waals surface area contributed by atoms with Gasteiger partial charge in [-0.15, -0.1) is 0 Å². The zero-order valence-corrected chi connectivity index (χ0v) is 12.0. The maximum atomic E-state index is 4.60. The molecule has 99 valence electrons. The van der Waals surface area contributed by atoms with Gasteiger partial charge in [-0.25, -0.2) is 5.32 Å². The van der Waals surface area contributed by atoms with E-state index < -0.39 is 0 Å². The molecule has 2 rings (SSSR count). The summed E-state index contributed by atoms with van der Waals surface area (Å²) in [5.74, 6) is 0. The summed E-state index contributed by atoms with van der Waals surface area (Å²) in [6.45, 7) is 0. The average molecular weight is 254 g/mol. The van der Waals surface area contributed by atoms with Crippen molar-refractivity contribution in [2.45, 2.75) is 0 Å². The third-order valence-corrected chi connectivity index (χ3v) is 2.99. The molecule has 0 heterocycles. The Hall–Kier alpha value is -2.16. The molecule has 0 bridgehead atoms. The van der Waals surface area contributed by atoms with Gasteiger partial charge in [0, 0.05) is 39.6 Å². The van der Waals surface area contributed by atoms with Gasteiger partial charge >= 0.3 is 0 Å². The summed E-state index contributed by atoms with van der Waals surface area (Å²) >= 11 is 0. The van der Waals surface area contributed by atoms with E-state index in [9.17, 15) is 0 Å². The van der Waals surface area contributed by atoms with Crippen LogP contribution >= 0.6 is 0 Å². The molecule has 0 N–H and O–H groups in total. The van der Waals surface area contributed by atoms with Crippen molar-refractivity contribution in [1.29, 1.82) is 0 Å². The summed E-state index contributed by atoms with van der Waals surface area (Å²) in [7, 11) is 8.14. The Morgan fingerprint density at radius 3 is 1.16 bits per heavy atom. The van der Waals surface area contributed by atoms with Crippen LogP contribution in [0, 0.1) is 0 Å². The zero-order chi connectivity index (χ0) is 13.8. The second-order valence-electron chi connectivity index (χ2n) is 4.93. The molecule has 3 heteroatoms. The molecule has 3 nitrogen and oxygen atoms in total. The molecule has 2 aromatic rings. The summed E-state index contributed by atoms with van der Waals surface area (Å²) in [6, 6.07) is 16.5. The highest BCUT2D eigenvalue weighted by Crippen LogP contribution is 2.22. The van der Waals surface area contributed by atoms with Crippen LogP contribution in [-0.2, 0) is 0 Å². The Morgan fingerprint density at radius 2 is 0.895 bits per heavy atom. The topological polar surface area (TPSA) is 20.6 Å². The minimum Gasteiger partial charge on any atom is -0.378 e. The van der Waals surface area contributed by atoms with Crippen LogP contribution in [0.5, 0.6) is 0 Å². The van der Waals surface area contributed by atoms with E-state index in [1.54, 1.807) is 0 Å². The van der Waals surface area contributed by atoms with E-state index >= 15 is 0 Å². The van der Waals surface area contributed by atoms with Crippen LogP contribution in [0.3, 0.4) is 0 Å². The van der Waals surface area contributed by atoms with Crippen molar-refractivity contribution >= 4 is 22.7 Å². The fourth-order valence-corrected chi connectivity index (χ4v) is 1.80. The standard InChI is InChI=1S/C16H20N3/c1-18(2)15-9-5-13(6-10-15)17-14-7-11-16(12-8-14)19(3)4/h5-12H,1-4H3. The molecule has 19 heavy (non-hydrogen) atoms. The number of rotatable bonds is 4. The highest BCUT2D eigenvalue weighted by Gasteiger charge is 2.00. The van der Waals surface area contributed by atoms with Gasteiger partial charge in [0.25, 0.3) is 0 Å². The Labute approximate surface area is 115 Å². The predicted molar refractivity (Wildman–Crippen MR) is 83.0 cm³/mol. The Morgan fingerprint density at radius 1 is 0.579 bits per heavy atom. The van der Waals surface area contributed by atoms with Gasteiger partial charge in [-0.05, 0) is 48.5 Å². The first kappa shape index (κ1) is 13.3. The van der Waals surface area contributed by atoms with Crippen molar-refractivity contribution in [3.05, 3.63) is 48.5 Å². The van der Waals surface area contributed by atoms with Crippen LogP contribution in [-0.4, -0.2) is 28.2 Å². The molecule has 0 fully saturated rings. The van der Waals surface area contributed by atoms with Crippen molar-refractivity contribution in [3.63, 3.8) is 0 Å². The quantitative estimate of drug-likeness (QED) is 0.833. The van der Waals surface area contributed by atoms with Crippen LogP contribution in [0.1, 0.15) is 0 Å². The average Bonchev–Trinajstić information content (AvgIpc) is 2.40. The van der Waals surface area contributed by atoms with E-state index in [4.69, 9.17) is 0 Å². The van der Waals surface area contributed by atoms with Gasteiger partial charge in [0.1, 0.15) is 0 Å². The summed E-state index contributed by atoms with van der Waals surface area (Å²) in [5.41, 5.74) is 4.32. The third kappa shape index (κ3) is 3.41. The van der Waals surface area contributed by atoms with Gasteiger partial charge < -0.3 is 9.80 Å². The van der Waals surface area contributed by atoms with E-state index in [0.717, 1.165) is 11.4 Å². The van der Waals surface area contributed by atoms with Gasteiger partial charge in [0.15, 0.2) is 0 Å². The minimum atomic E-state index is 0.975. The van der Waals surface area contributed by atoms with Gasteiger partial charge in [-0.2, -0.15) is 0 Å². The van der Waals surface area contributed by atoms with E-state index in [0.29, 0.717) is 0 Å². The highest BCUT2D eigenvalue weighted by atomic mass is 15.1. The van der Waals surface area contributed by atoms with E-state index in [1.807, 2.05) is 52.5 Å². The molecular formula is C16H20N3. The van der Waals surface area contributed by atoms with E-state index in [2.05, 4.69) is 39.4 Å². The van der Waals surface area contributed by atoms with Crippen molar-refractivity contribution < 1.29 is 0 Å². The molecule has 0 aliphatic rings. The maximum Gasteiger partial charge on any atom is 0.0638 e. The molecule has 0 amide bonds. The largest absolute Gasteiger partial charge is 0.378 e. The molecule has 1 radical (unpaired) electrons. The number of benzene rings is 2. The summed E-state index contributed by atoms with van der Waals surface area (Å²) in [4.78, 5) is 4.16. The lowest BCUT2D eigenvalue weighted by molar-refractivity contribution is 1.11. The van der Waals surface area contributed by atoms with Crippen molar-refractivity contribution in [3.8, 4) is 0 Å². The SMILES string of the molecule is CN(C)c1ccc([N]c2ccc(N(C)C)cc2)cc1. The lowest BCUT2D eigenvalue weighted by Gasteiger charge is -2.14. The van der Waals surface area contributed by atoms with Crippen LogP contribution in [0.2, 0.25) is 0 Å². The Kier molecular flexibility index (Phi) is 3.95. The second-order valence-corrected chi connectivity index (χ2v) is 4.93. The van der Waals surface area contributed by atoms with Crippen molar-refractivity contribution in [1.82, 2.24) is 5.32 Å². The first-order chi connectivity index (χ1) is 9.06. The fourth-order valence-electron chi connectivity index (χ4n) is 1.80. The van der Waals surface area contributed by atoms with Gasteiger partial charge in [0.2, 0.25) is 0 Å². The smallest absolute Gasteiger partial charge is 0.0638 e. The number of hydrogen-bond donors (Lipinski definition) is 0. The van der Waals surface area contributed by atoms with Crippen LogP contribution < -0.4 is 15.1 Å². The molecular weight excluding hydrogens is 234 g/mol. The molecule has 0 atom stereocenters. The molecule has 0 spiro atoms. The molecule has 2 aromatic carbocycles. The normalized spacial score (nSPS) is 10.1. The van der Waals surface area contributed by atoms with Gasteiger partial charge in [-0.1, -0.05) is 0 Å². The Bertz CT molecular complexity index is 463. The fraction of sp³-hybridized carbons (Fsp3) is 0.250. The first-order valence-corrected chi connectivity index (χ1v) is 6.33. The molecule has 0 unspecified atom stereocenters. The lowest BCUT2D eigenvalue weighted by atomic mass is 10.2. The molecule has 0 saturated heterocycles.